The number of hydrogen-bond acceptors (Lipinski definition) is 6. The van der Waals surface area contributed by atoms with E-state index >= 15 is 0 Å². The SMILES string of the molecule is COc1ccc(NC(=O)c2ccccc2NS(=O)(=O)c2ccc(Cl)nc2Cl)c(OC)c1. The van der Waals surface area contributed by atoms with Gasteiger partial charge in [0, 0.05) is 6.07 Å². The lowest BCUT2D eigenvalue weighted by atomic mass is 10.1. The van der Waals surface area contributed by atoms with E-state index in [0.29, 0.717) is 17.2 Å². The maximum atomic E-state index is 12.9. The molecule has 0 saturated heterocycles. The van der Waals surface area contributed by atoms with Gasteiger partial charge >= 0.3 is 0 Å². The summed E-state index contributed by atoms with van der Waals surface area (Å²) in [6.07, 6.45) is 0. The van der Waals surface area contributed by atoms with Crippen LogP contribution >= 0.6 is 23.2 Å². The number of nitrogens with zero attached hydrogens (tertiary/aromatic N) is 1. The first-order valence-corrected chi connectivity index (χ1v) is 11.0. The number of aromatic nitrogens is 1. The molecule has 0 aliphatic heterocycles. The van der Waals surface area contributed by atoms with Gasteiger partial charge in [0.15, 0.2) is 5.15 Å². The lowest BCUT2D eigenvalue weighted by Crippen LogP contribution is -2.19. The molecule has 11 heteroatoms. The van der Waals surface area contributed by atoms with Crippen LogP contribution in [-0.4, -0.2) is 33.5 Å². The molecule has 0 bridgehead atoms. The van der Waals surface area contributed by atoms with E-state index in [1.807, 2.05) is 0 Å². The first-order chi connectivity index (χ1) is 14.7. The number of pyridine rings is 1. The number of para-hydroxylation sites is 1. The molecule has 0 saturated carbocycles. The number of halogens is 2. The summed E-state index contributed by atoms with van der Waals surface area (Å²) in [5, 5.41) is 2.47. The minimum atomic E-state index is -4.14. The lowest BCUT2D eigenvalue weighted by molar-refractivity contribution is 0.102. The van der Waals surface area contributed by atoms with Crippen molar-refractivity contribution >= 4 is 50.5 Å². The Kier molecular flexibility index (Phi) is 6.89. The number of carbonyl (C=O) groups is 1. The van der Waals surface area contributed by atoms with Crippen LogP contribution in [0.3, 0.4) is 0 Å². The van der Waals surface area contributed by atoms with Gasteiger partial charge < -0.3 is 14.8 Å². The summed E-state index contributed by atoms with van der Waals surface area (Å²) in [5.41, 5.74) is 0.524. The fourth-order valence-corrected chi connectivity index (χ4v) is 4.40. The van der Waals surface area contributed by atoms with Crippen molar-refractivity contribution in [1.29, 1.82) is 0 Å². The summed E-state index contributed by atoms with van der Waals surface area (Å²) < 4.78 is 38.4. The van der Waals surface area contributed by atoms with Crippen LogP contribution in [0.1, 0.15) is 10.4 Å². The highest BCUT2D eigenvalue weighted by Gasteiger charge is 2.22. The Balaban J connectivity index is 1.91. The van der Waals surface area contributed by atoms with Crippen molar-refractivity contribution in [3.63, 3.8) is 0 Å². The van der Waals surface area contributed by atoms with Gasteiger partial charge in [-0.05, 0) is 36.4 Å². The standard InChI is InChI=1S/C20H17Cl2N3O5S/c1-29-12-7-8-15(16(11-12)30-2)23-20(26)13-5-3-4-6-14(13)25-31(27,28)17-9-10-18(21)24-19(17)22/h3-11,25H,1-2H3,(H,23,26). The largest absolute Gasteiger partial charge is 0.497 e. The number of anilines is 2. The molecule has 0 atom stereocenters. The van der Waals surface area contributed by atoms with E-state index in [2.05, 4.69) is 15.0 Å². The van der Waals surface area contributed by atoms with Crippen LogP contribution in [0.5, 0.6) is 11.5 Å². The molecule has 31 heavy (non-hydrogen) atoms. The molecule has 1 amide bonds. The number of amides is 1. The van der Waals surface area contributed by atoms with Crippen molar-refractivity contribution in [2.24, 2.45) is 0 Å². The van der Waals surface area contributed by atoms with Crippen LogP contribution in [0.25, 0.3) is 0 Å². The molecule has 2 N–H and O–H groups in total. The zero-order chi connectivity index (χ0) is 22.6. The van der Waals surface area contributed by atoms with E-state index in [9.17, 15) is 13.2 Å². The maximum Gasteiger partial charge on any atom is 0.264 e. The van der Waals surface area contributed by atoms with Crippen LogP contribution in [0, 0.1) is 0 Å². The number of benzene rings is 2. The molecule has 0 aliphatic rings. The first kappa shape index (κ1) is 22.7. The Hall–Kier alpha value is -3.01. The number of nitrogens with one attached hydrogen (secondary N) is 2. The molecule has 2 aromatic carbocycles. The number of carbonyl (C=O) groups excluding carboxylic acids is 1. The summed E-state index contributed by atoms with van der Waals surface area (Å²) in [6, 6.07) is 13.5. The van der Waals surface area contributed by atoms with Crippen LogP contribution in [0.15, 0.2) is 59.5 Å². The smallest absolute Gasteiger partial charge is 0.264 e. The van der Waals surface area contributed by atoms with E-state index in [0.717, 1.165) is 0 Å². The van der Waals surface area contributed by atoms with Crippen LogP contribution in [0.2, 0.25) is 10.3 Å². The fourth-order valence-electron chi connectivity index (χ4n) is 2.66. The minimum Gasteiger partial charge on any atom is -0.497 e. The molecule has 8 nitrogen and oxygen atoms in total. The van der Waals surface area contributed by atoms with E-state index < -0.39 is 15.9 Å². The highest BCUT2D eigenvalue weighted by Crippen LogP contribution is 2.30. The van der Waals surface area contributed by atoms with Crippen molar-refractivity contribution in [3.8, 4) is 11.5 Å². The van der Waals surface area contributed by atoms with Crippen molar-refractivity contribution in [2.45, 2.75) is 4.90 Å². The van der Waals surface area contributed by atoms with Gasteiger partial charge in [-0.25, -0.2) is 13.4 Å². The third-order valence-corrected chi connectivity index (χ3v) is 6.15. The molecule has 3 rings (SSSR count). The first-order valence-electron chi connectivity index (χ1n) is 8.72. The van der Waals surface area contributed by atoms with E-state index in [4.69, 9.17) is 32.7 Å². The summed E-state index contributed by atoms with van der Waals surface area (Å²) in [4.78, 5) is 16.4. The third kappa shape index (κ3) is 5.19. The molecule has 3 aromatic rings. The third-order valence-electron chi connectivity index (χ3n) is 4.14. The molecule has 0 spiro atoms. The summed E-state index contributed by atoms with van der Waals surface area (Å²) >= 11 is 11.7. The van der Waals surface area contributed by atoms with Crippen molar-refractivity contribution < 1.29 is 22.7 Å². The quantitative estimate of drug-likeness (QED) is 0.482. The Morgan fingerprint density at radius 2 is 1.71 bits per heavy atom. The zero-order valence-corrected chi connectivity index (χ0v) is 18.7. The van der Waals surface area contributed by atoms with E-state index in [-0.39, 0.29) is 26.5 Å². The molecule has 0 radical (unpaired) electrons. The molecule has 1 aromatic heterocycles. The normalized spacial score (nSPS) is 11.0. The van der Waals surface area contributed by atoms with Gasteiger partial charge in [0.1, 0.15) is 21.5 Å². The van der Waals surface area contributed by atoms with Gasteiger partial charge in [-0.3, -0.25) is 9.52 Å². The summed E-state index contributed by atoms with van der Waals surface area (Å²) in [6.45, 7) is 0. The van der Waals surface area contributed by atoms with Gasteiger partial charge in [-0.1, -0.05) is 35.3 Å². The predicted octanol–water partition coefficient (Wildman–Crippen LogP) is 4.46. The molecule has 0 unspecified atom stereocenters. The van der Waals surface area contributed by atoms with Crippen molar-refractivity contribution in [2.75, 3.05) is 24.3 Å². The van der Waals surface area contributed by atoms with Crippen LogP contribution in [-0.2, 0) is 10.0 Å². The number of rotatable bonds is 7. The highest BCUT2D eigenvalue weighted by molar-refractivity contribution is 7.92. The Morgan fingerprint density at radius 3 is 2.39 bits per heavy atom. The molecular weight excluding hydrogens is 465 g/mol. The monoisotopic (exact) mass is 481 g/mol. The van der Waals surface area contributed by atoms with Gasteiger partial charge in [0.2, 0.25) is 0 Å². The van der Waals surface area contributed by atoms with Gasteiger partial charge in [0.25, 0.3) is 15.9 Å². The number of ether oxygens (including phenoxy) is 2. The average Bonchev–Trinajstić information content (AvgIpc) is 2.73. The molecule has 0 fully saturated rings. The van der Waals surface area contributed by atoms with Crippen LogP contribution in [0.4, 0.5) is 11.4 Å². The summed E-state index contributed by atoms with van der Waals surface area (Å²) in [5.74, 6) is 0.378. The highest BCUT2D eigenvalue weighted by atomic mass is 35.5. The predicted molar refractivity (Wildman–Crippen MR) is 119 cm³/mol. The van der Waals surface area contributed by atoms with Crippen molar-refractivity contribution in [3.05, 3.63) is 70.5 Å². The van der Waals surface area contributed by atoms with Gasteiger partial charge in [0.05, 0.1) is 31.2 Å². The lowest BCUT2D eigenvalue weighted by Gasteiger charge is -2.15. The minimum absolute atomic E-state index is 0.0529. The van der Waals surface area contributed by atoms with Crippen molar-refractivity contribution in [1.82, 2.24) is 4.98 Å². The molecule has 162 valence electrons. The van der Waals surface area contributed by atoms with Crippen LogP contribution < -0.4 is 19.5 Å². The fraction of sp³-hybridized carbons (Fsp3) is 0.100. The topological polar surface area (TPSA) is 107 Å². The zero-order valence-electron chi connectivity index (χ0n) is 16.3. The number of sulfonamides is 1. The Labute approximate surface area is 189 Å². The second kappa shape index (κ2) is 9.42. The second-order valence-corrected chi connectivity index (χ2v) is 8.49. The van der Waals surface area contributed by atoms with Gasteiger partial charge in [-0.2, -0.15) is 0 Å². The number of methoxy groups -OCH3 is 2. The van der Waals surface area contributed by atoms with E-state index in [1.54, 1.807) is 30.3 Å². The van der Waals surface area contributed by atoms with Gasteiger partial charge in [-0.15, -0.1) is 0 Å². The Morgan fingerprint density at radius 1 is 0.968 bits per heavy atom. The molecular formula is C20H17Cl2N3O5S. The summed E-state index contributed by atoms with van der Waals surface area (Å²) in [7, 11) is -1.17. The molecule has 0 aliphatic carbocycles. The average molecular weight is 482 g/mol. The number of hydrogen-bond donors (Lipinski definition) is 2. The Bertz CT molecular complexity index is 1240. The maximum absolute atomic E-state index is 12.9. The van der Waals surface area contributed by atoms with E-state index in [1.165, 1.54) is 38.5 Å². The molecule has 1 heterocycles. The second-order valence-electron chi connectivity index (χ2n) is 6.09.